The van der Waals surface area contributed by atoms with Gasteiger partial charge in [0, 0.05) is 11.8 Å². The Morgan fingerprint density at radius 2 is 1.55 bits per heavy atom. The third-order valence-electron chi connectivity index (χ3n) is 6.19. The van der Waals surface area contributed by atoms with E-state index in [4.69, 9.17) is 4.74 Å². The summed E-state index contributed by atoms with van der Waals surface area (Å²) in [7, 11) is 0. The molecule has 0 fully saturated rings. The van der Waals surface area contributed by atoms with Gasteiger partial charge in [0.05, 0.1) is 34.4 Å². The Kier molecular flexibility index (Phi) is 7.60. The number of hydrogen-bond donors (Lipinski definition) is 0. The Morgan fingerprint density at radius 1 is 0.818 bits per heavy atom. The van der Waals surface area contributed by atoms with Crippen molar-refractivity contribution in [3.8, 4) is 34.2 Å². The van der Waals surface area contributed by atoms with Crippen LogP contribution in [-0.4, -0.2) is 41.3 Å². The number of ether oxygens (including phenoxy) is 1. The van der Waals surface area contributed by atoms with Crippen molar-refractivity contribution in [2.45, 2.75) is 44.8 Å². The van der Waals surface area contributed by atoms with Crippen molar-refractivity contribution < 1.29 is 40.3 Å². The number of carbonyl (C=O) groups excluding carboxylic acids is 1. The molecule has 0 N–H and O–H groups in total. The van der Waals surface area contributed by atoms with Gasteiger partial charge in [-0.1, -0.05) is 18.2 Å². The summed E-state index contributed by atoms with van der Waals surface area (Å²) in [5, 5.41) is 7.76. The number of rotatable bonds is 5. The van der Waals surface area contributed by atoms with Crippen LogP contribution in [0.4, 0.5) is 30.7 Å². The van der Waals surface area contributed by atoms with Gasteiger partial charge < -0.3 is 9.30 Å². The van der Waals surface area contributed by atoms with E-state index in [0.29, 0.717) is 12.1 Å². The van der Waals surface area contributed by atoms with Gasteiger partial charge in [-0.3, -0.25) is 0 Å². The van der Waals surface area contributed by atoms with E-state index in [0.717, 1.165) is 6.07 Å². The zero-order valence-electron chi connectivity index (χ0n) is 23.1. The normalized spacial score (nSPS) is 13.2. The Morgan fingerprint density at radius 3 is 2.16 bits per heavy atom. The van der Waals surface area contributed by atoms with Gasteiger partial charge in [-0.05, 0) is 57.2 Å². The topological polar surface area (TPSA) is 95.7 Å². The van der Waals surface area contributed by atoms with Gasteiger partial charge in [-0.15, -0.1) is 0 Å². The van der Waals surface area contributed by atoms with E-state index in [-0.39, 0.29) is 40.4 Å². The second-order valence-electron chi connectivity index (χ2n) is 10.6. The fraction of sp³-hybridized carbons (Fsp3) is 0.241. The monoisotopic (exact) mass is 618 g/mol. The molecular formula is C29H21F7N6O2. The lowest BCUT2D eigenvalue weighted by Gasteiger charge is -2.25. The van der Waals surface area contributed by atoms with Crippen LogP contribution in [0.2, 0.25) is 0 Å². The number of nitrogens with zero attached hydrogens (tertiary/aromatic N) is 6. The number of aromatic nitrogens is 6. The molecule has 3 heterocycles. The fourth-order valence-electron chi connectivity index (χ4n) is 4.29. The molecule has 2 aliphatic heterocycles. The van der Waals surface area contributed by atoms with Crippen LogP contribution < -0.4 is 0 Å². The van der Waals surface area contributed by atoms with Crippen molar-refractivity contribution in [3.05, 3.63) is 89.8 Å². The summed E-state index contributed by atoms with van der Waals surface area (Å²) in [6.07, 6.45) is -7.51. The van der Waals surface area contributed by atoms with E-state index in [1.807, 2.05) is 0 Å². The minimum absolute atomic E-state index is 0.00162. The van der Waals surface area contributed by atoms with Crippen molar-refractivity contribution in [1.82, 2.24) is 29.7 Å². The third-order valence-corrected chi connectivity index (χ3v) is 6.19. The number of carbonyl (C=O) groups is 1. The van der Waals surface area contributed by atoms with Crippen LogP contribution in [0.15, 0.2) is 67.1 Å². The second kappa shape index (κ2) is 11.0. The molecule has 0 bridgehead atoms. The van der Waals surface area contributed by atoms with E-state index in [9.17, 15) is 35.5 Å². The molecule has 0 amide bonds. The quantitative estimate of drug-likeness (QED) is 0.155. The van der Waals surface area contributed by atoms with Gasteiger partial charge in [0.1, 0.15) is 17.1 Å². The first-order chi connectivity index (χ1) is 20.5. The SMILES string of the molecule is CC(C)(C)OC(=O)C(c1ccc(-c2ccc(C(F)(F)F)cc2C(F)(F)F)nn1)n1cnc2nc(-c3ccccc3F)nc-2c1. The van der Waals surface area contributed by atoms with Crippen LogP contribution in [0.5, 0.6) is 0 Å². The highest BCUT2D eigenvalue weighted by Gasteiger charge is 2.39. The largest absolute Gasteiger partial charge is 0.458 e. The zero-order valence-corrected chi connectivity index (χ0v) is 23.1. The minimum atomic E-state index is -5.13. The molecule has 44 heavy (non-hydrogen) atoms. The van der Waals surface area contributed by atoms with Crippen LogP contribution in [0.3, 0.4) is 0 Å². The lowest BCUT2D eigenvalue weighted by atomic mass is 10.00. The molecule has 0 radical (unpaired) electrons. The lowest BCUT2D eigenvalue weighted by molar-refractivity contribution is -0.157. The van der Waals surface area contributed by atoms with Crippen molar-refractivity contribution >= 4 is 5.97 Å². The second-order valence-corrected chi connectivity index (χ2v) is 10.6. The Bertz CT molecular complexity index is 1790. The molecule has 0 saturated heterocycles. The van der Waals surface area contributed by atoms with Gasteiger partial charge in [-0.25, -0.2) is 24.1 Å². The molecule has 228 valence electrons. The molecular weight excluding hydrogens is 597 g/mol. The summed E-state index contributed by atoms with van der Waals surface area (Å²) in [6.45, 7) is 4.86. The van der Waals surface area contributed by atoms with Gasteiger partial charge >= 0.3 is 18.3 Å². The number of alkyl halides is 6. The van der Waals surface area contributed by atoms with Crippen LogP contribution in [-0.2, 0) is 21.9 Å². The number of esters is 1. The zero-order chi connectivity index (χ0) is 32.0. The molecule has 2 aliphatic rings. The maximum absolute atomic E-state index is 14.3. The Labute approximate surface area is 244 Å². The molecule has 1 atom stereocenters. The Hall–Kier alpha value is -4.95. The molecule has 1 aromatic heterocycles. The number of halogens is 7. The van der Waals surface area contributed by atoms with Gasteiger partial charge in [0.2, 0.25) is 0 Å². The van der Waals surface area contributed by atoms with E-state index < -0.39 is 52.5 Å². The van der Waals surface area contributed by atoms with Gasteiger partial charge in [0.15, 0.2) is 17.7 Å². The molecule has 5 rings (SSSR count). The number of benzene rings is 2. The molecule has 0 saturated carbocycles. The standard InChI is InChI=1S/C29H21F7N6O2/c1-27(2,3)44-26(43)23(42-13-22-25(37-14-42)39-24(38-22)17-6-4-5-7-19(17)30)21-11-10-20(40-41-21)16-9-8-15(28(31,32)33)12-18(16)29(34,35)36/h4-14,23H,1-3H3. The van der Waals surface area contributed by atoms with E-state index in [1.165, 1.54) is 41.4 Å². The molecule has 0 aliphatic carbocycles. The predicted octanol–water partition coefficient (Wildman–Crippen LogP) is 7.01. The first-order valence-electron chi connectivity index (χ1n) is 12.8. The first kappa shape index (κ1) is 30.5. The molecule has 8 nitrogen and oxygen atoms in total. The van der Waals surface area contributed by atoms with E-state index in [2.05, 4.69) is 25.1 Å². The minimum Gasteiger partial charge on any atom is -0.458 e. The third kappa shape index (κ3) is 6.35. The summed E-state index contributed by atoms with van der Waals surface area (Å²) in [5.74, 6) is -1.19. The smallest absolute Gasteiger partial charge is 0.417 e. The van der Waals surface area contributed by atoms with Crippen LogP contribution in [0.1, 0.15) is 43.6 Å². The van der Waals surface area contributed by atoms with E-state index >= 15 is 0 Å². The first-order valence-corrected chi connectivity index (χ1v) is 12.8. The Balaban J connectivity index is 1.57. The number of fused-ring (bicyclic) bond motifs is 1. The number of hydrogen-bond acceptors (Lipinski definition) is 7. The van der Waals surface area contributed by atoms with Gasteiger partial charge in [-0.2, -0.15) is 36.5 Å². The van der Waals surface area contributed by atoms with Crippen molar-refractivity contribution in [2.24, 2.45) is 0 Å². The van der Waals surface area contributed by atoms with Crippen molar-refractivity contribution in [2.75, 3.05) is 0 Å². The molecule has 3 aromatic rings. The van der Waals surface area contributed by atoms with Crippen molar-refractivity contribution in [3.63, 3.8) is 0 Å². The molecule has 15 heteroatoms. The highest BCUT2D eigenvalue weighted by molar-refractivity contribution is 5.78. The summed E-state index contributed by atoms with van der Waals surface area (Å²) >= 11 is 0. The predicted molar refractivity (Wildman–Crippen MR) is 141 cm³/mol. The van der Waals surface area contributed by atoms with Crippen molar-refractivity contribution in [1.29, 1.82) is 0 Å². The maximum Gasteiger partial charge on any atom is 0.417 e. The fourth-order valence-corrected chi connectivity index (χ4v) is 4.29. The summed E-state index contributed by atoms with van der Waals surface area (Å²) in [4.78, 5) is 26.1. The summed E-state index contributed by atoms with van der Waals surface area (Å²) in [6, 6.07) is 7.95. The highest BCUT2D eigenvalue weighted by atomic mass is 19.4. The summed E-state index contributed by atoms with van der Waals surface area (Å²) < 4.78 is 102. The molecule has 2 aromatic carbocycles. The average Bonchev–Trinajstić information content (AvgIpc) is 3.35. The van der Waals surface area contributed by atoms with Crippen LogP contribution in [0, 0.1) is 5.82 Å². The van der Waals surface area contributed by atoms with Crippen LogP contribution in [0.25, 0.3) is 34.2 Å². The van der Waals surface area contributed by atoms with Crippen LogP contribution >= 0.6 is 0 Å². The molecule has 1 unspecified atom stereocenters. The lowest BCUT2D eigenvalue weighted by Crippen LogP contribution is -2.31. The maximum atomic E-state index is 14.3. The summed E-state index contributed by atoms with van der Waals surface area (Å²) in [5.41, 5.74) is -4.77. The van der Waals surface area contributed by atoms with Gasteiger partial charge in [0.25, 0.3) is 0 Å². The number of imidazole rings is 1. The van der Waals surface area contributed by atoms with E-state index in [1.54, 1.807) is 26.8 Å². The molecule has 0 spiro atoms. The average molecular weight is 619 g/mol. The highest BCUT2D eigenvalue weighted by Crippen LogP contribution is 2.40.